The summed E-state index contributed by atoms with van der Waals surface area (Å²) in [5.74, 6) is -0.369. The summed E-state index contributed by atoms with van der Waals surface area (Å²) in [7, 11) is -3.83. The number of carbonyl (C=O) groups excluding carboxylic acids is 1. The molecule has 0 aliphatic heterocycles. The van der Waals surface area contributed by atoms with E-state index in [2.05, 4.69) is 21.2 Å². The van der Waals surface area contributed by atoms with Crippen LogP contribution in [0, 0.1) is 13.8 Å². The van der Waals surface area contributed by atoms with E-state index >= 15 is 0 Å². The van der Waals surface area contributed by atoms with E-state index in [-0.39, 0.29) is 10.8 Å². The molecule has 0 saturated heterocycles. The van der Waals surface area contributed by atoms with Crippen molar-refractivity contribution in [2.45, 2.75) is 18.7 Å². The zero-order chi connectivity index (χ0) is 17.9. The van der Waals surface area contributed by atoms with Crippen molar-refractivity contribution >= 4 is 43.6 Å². The molecule has 2 aromatic rings. The SMILES string of the molecule is Cc1ccc(/C=C/C(=O)Nc2ccc(C)c(S(N)(=O)=O)c2)c(Br)c1. The van der Waals surface area contributed by atoms with Crippen molar-refractivity contribution in [2.24, 2.45) is 5.14 Å². The van der Waals surface area contributed by atoms with Gasteiger partial charge in [-0.1, -0.05) is 34.1 Å². The zero-order valence-electron chi connectivity index (χ0n) is 13.2. The van der Waals surface area contributed by atoms with Gasteiger partial charge in [0.2, 0.25) is 15.9 Å². The van der Waals surface area contributed by atoms with Gasteiger partial charge in [0, 0.05) is 16.2 Å². The Morgan fingerprint density at radius 3 is 2.50 bits per heavy atom. The van der Waals surface area contributed by atoms with Gasteiger partial charge in [-0.2, -0.15) is 0 Å². The highest BCUT2D eigenvalue weighted by Crippen LogP contribution is 2.21. The van der Waals surface area contributed by atoms with E-state index in [1.54, 1.807) is 25.1 Å². The third kappa shape index (κ3) is 4.77. The molecule has 0 bridgehead atoms. The summed E-state index contributed by atoms with van der Waals surface area (Å²) in [5.41, 5.74) is 2.86. The Hall–Kier alpha value is -1.96. The van der Waals surface area contributed by atoms with Crippen LogP contribution in [0.15, 0.2) is 51.8 Å². The quantitative estimate of drug-likeness (QED) is 0.759. The van der Waals surface area contributed by atoms with Gasteiger partial charge in [-0.05, 0) is 54.8 Å². The second-order valence-electron chi connectivity index (χ2n) is 5.37. The largest absolute Gasteiger partial charge is 0.322 e. The van der Waals surface area contributed by atoms with Crippen molar-refractivity contribution in [1.29, 1.82) is 0 Å². The molecule has 126 valence electrons. The first-order valence-corrected chi connectivity index (χ1v) is 9.39. The summed E-state index contributed by atoms with van der Waals surface area (Å²) in [5, 5.41) is 7.78. The van der Waals surface area contributed by atoms with Crippen molar-refractivity contribution in [3.05, 3.63) is 63.6 Å². The lowest BCUT2D eigenvalue weighted by atomic mass is 10.1. The minimum atomic E-state index is -3.83. The predicted octanol–water partition coefficient (Wildman–Crippen LogP) is 3.37. The molecule has 0 aromatic heterocycles. The summed E-state index contributed by atoms with van der Waals surface area (Å²) in [6, 6.07) is 10.4. The van der Waals surface area contributed by atoms with Gasteiger partial charge in [0.05, 0.1) is 4.90 Å². The Morgan fingerprint density at radius 1 is 1.17 bits per heavy atom. The number of anilines is 1. The fourth-order valence-electron chi connectivity index (χ4n) is 2.10. The molecule has 0 saturated carbocycles. The van der Waals surface area contributed by atoms with E-state index in [0.717, 1.165) is 15.6 Å². The molecular weight excluding hydrogens is 392 g/mol. The van der Waals surface area contributed by atoms with Crippen LogP contribution in [0.4, 0.5) is 5.69 Å². The van der Waals surface area contributed by atoms with Crippen molar-refractivity contribution in [2.75, 3.05) is 5.32 Å². The summed E-state index contributed by atoms with van der Waals surface area (Å²) < 4.78 is 23.9. The molecule has 1 amide bonds. The predicted molar refractivity (Wildman–Crippen MR) is 99.1 cm³/mol. The number of amides is 1. The van der Waals surface area contributed by atoms with Gasteiger partial charge < -0.3 is 5.32 Å². The topological polar surface area (TPSA) is 89.3 Å². The van der Waals surface area contributed by atoms with Crippen molar-refractivity contribution in [3.63, 3.8) is 0 Å². The molecule has 2 rings (SSSR count). The molecular formula is C17H17BrN2O3S. The number of halogens is 1. The van der Waals surface area contributed by atoms with Gasteiger partial charge >= 0.3 is 0 Å². The van der Waals surface area contributed by atoms with Crippen molar-refractivity contribution in [1.82, 2.24) is 0 Å². The standard InChI is InChI=1S/C17H17BrN2O3S/c1-11-3-5-13(15(18)9-11)6-8-17(21)20-14-7-4-12(2)16(10-14)24(19,22)23/h3-10H,1-2H3,(H,20,21)(H2,19,22,23)/b8-6+. The molecule has 2 aromatic carbocycles. The lowest BCUT2D eigenvalue weighted by molar-refractivity contribution is -0.111. The normalized spacial score (nSPS) is 11.7. The van der Waals surface area contributed by atoms with E-state index in [0.29, 0.717) is 11.3 Å². The maximum absolute atomic E-state index is 12.0. The van der Waals surface area contributed by atoms with Crippen LogP contribution in [-0.4, -0.2) is 14.3 Å². The first-order chi connectivity index (χ1) is 11.2. The third-order valence-corrected chi connectivity index (χ3v) is 5.07. The summed E-state index contributed by atoms with van der Waals surface area (Å²) >= 11 is 3.44. The molecule has 0 unspecified atom stereocenters. The average Bonchev–Trinajstić information content (AvgIpc) is 2.47. The van der Waals surface area contributed by atoms with Crippen LogP contribution in [0.1, 0.15) is 16.7 Å². The Bertz CT molecular complexity index is 921. The molecule has 0 heterocycles. The monoisotopic (exact) mass is 408 g/mol. The molecule has 3 N–H and O–H groups in total. The van der Waals surface area contributed by atoms with Crippen molar-refractivity contribution in [3.8, 4) is 0 Å². The Kier molecular flexibility index (Phi) is 5.58. The molecule has 0 atom stereocenters. The fraction of sp³-hybridized carbons (Fsp3) is 0.118. The van der Waals surface area contributed by atoms with Gasteiger partial charge in [0.25, 0.3) is 0 Å². The minimum absolute atomic E-state index is 0.00874. The van der Waals surface area contributed by atoms with Crippen LogP contribution in [0.2, 0.25) is 0 Å². The Balaban J connectivity index is 2.17. The van der Waals surface area contributed by atoms with Gasteiger partial charge in [0.1, 0.15) is 0 Å². The smallest absolute Gasteiger partial charge is 0.248 e. The number of nitrogens with two attached hydrogens (primary N) is 1. The Morgan fingerprint density at radius 2 is 1.88 bits per heavy atom. The molecule has 24 heavy (non-hydrogen) atoms. The van der Waals surface area contributed by atoms with Gasteiger partial charge in [0.15, 0.2) is 0 Å². The number of aryl methyl sites for hydroxylation is 2. The summed E-state index contributed by atoms with van der Waals surface area (Å²) in [4.78, 5) is 12.0. The van der Waals surface area contributed by atoms with Crippen LogP contribution in [0.5, 0.6) is 0 Å². The maximum Gasteiger partial charge on any atom is 0.248 e. The minimum Gasteiger partial charge on any atom is -0.322 e. The third-order valence-electron chi connectivity index (χ3n) is 3.33. The first kappa shape index (κ1) is 18.4. The van der Waals surface area contributed by atoms with E-state index in [9.17, 15) is 13.2 Å². The number of benzene rings is 2. The summed E-state index contributed by atoms with van der Waals surface area (Å²) in [6.45, 7) is 3.62. The number of carbonyl (C=O) groups is 1. The molecule has 0 aliphatic carbocycles. The van der Waals surface area contributed by atoms with Crippen LogP contribution >= 0.6 is 15.9 Å². The van der Waals surface area contributed by atoms with Gasteiger partial charge in [-0.25, -0.2) is 13.6 Å². The Labute approximate surface area is 149 Å². The van der Waals surface area contributed by atoms with Crippen LogP contribution in [-0.2, 0) is 14.8 Å². The molecule has 5 nitrogen and oxygen atoms in total. The van der Waals surface area contributed by atoms with Crippen molar-refractivity contribution < 1.29 is 13.2 Å². The number of hydrogen-bond acceptors (Lipinski definition) is 3. The van der Waals surface area contributed by atoms with E-state index in [4.69, 9.17) is 5.14 Å². The van der Waals surface area contributed by atoms with E-state index < -0.39 is 10.0 Å². The highest BCUT2D eigenvalue weighted by Gasteiger charge is 2.12. The molecule has 0 aliphatic rings. The lowest BCUT2D eigenvalue weighted by Crippen LogP contribution is -2.15. The first-order valence-electron chi connectivity index (χ1n) is 7.05. The molecule has 0 fully saturated rings. The lowest BCUT2D eigenvalue weighted by Gasteiger charge is -2.07. The van der Waals surface area contributed by atoms with Crippen LogP contribution in [0.25, 0.3) is 6.08 Å². The highest BCUT2D eigenvalue weighted by atomic mass is 79.9. The zero-order valence-corrected chi connectivity index (χ0v) is 15.6. The summed E-state index contributed by atoms with van der Waals surface area (Å²) in [6.07, 6.45) is 3.06. The number of sulfonamides is 1. The number of hydrogen-bond donors (Lipinski definition) is 2. The molecule has 7 heteroatoms. The molecule has 0 spiro atoms. The van der Waals surface area contributed by atoms with Gasteiger partial charge in [-0.3, -0.25) is 4.79 Å². The second-order valence-corrected chi connectivity index (χ2v) is 7.76. The van der Waals surface area contributed by atoms with E-state index in [1.165, 1.54) is 12.1 Å². The number of rotatable bonds is 4. The average molecular weight is 409 g/mol. The maximum atomic E-state index is 12.0. The highest BCUT2D eigenvalue weighted by molar-refractivity contribution is 9.10. The van der Waals surface area contributed by atoms with Crippen LogP contribution < -0.4 is 10.5 Å². The van der Waals surface area contributed by atoms with Crippen LogP contribution in [0.3, 0.4) is 0 Å². The fourth-order valence-corrected chi connectivity index (χ4v) is 3.53. The molecule has 0 radical (unpaired) electrons. The van der Waals surface area contributed by atoms with Gasteiger partial charge in [-0.15, -0.1) is 0 Å². The number of nitrogens with one attached hydrogen (secondary N) is 1. The second kappa shape index (κ2) is 7.29. The number of primary sulfonamides is 1. The van der Waals surface area contributed by atoms with E-state index in [1.807, 2.05) is 25.1 Å².